The van der Waals surface area contributed by atoms with Crippen LogP contribution in [-0.2, 0) is 0 Å². The maximum absolute atomic E-state index is 4.92. The van der Waals surface area contributed by atoms with Crippen molar-refractivity contribution in [1.29, 1.82) is 0 Å². The van der Waals surface area contributed by atoms with Crippen molar-refractivity contribution in [2.24, 2.45) is 15.8 Å². The Bertz CT molecular complexity index is 394. The van der Waals surface area contributed by atoms with E-state index in [1.807, 2.05) is 0 Å². The molecule has 18 heavy (non-hydrogen) atoms. The van der Waals surface area contributed by atoms with Crippen LogP contribution >= 0.6 is 0 Å². The number of nitrogens with zero attached hydrogens (tertiary/aromatic N) is 1. The Balaban J connectivity index is 3.20. The van der Waals surface area contributed by atoms with Crippen LogP contribution in [0.5, 0.6) is 0 Å². The maximum Gasteiger partial charge on any atom is 0.0491 e. The quantitative estimate of drug-likeness (QED) is 0.569. The molecule has 0 aromatic heterocycles. The first-order valence-electron chi connectivity index (χ1n) is 7.01. The van der Waals surface area contributed by atoms with E-state index in [-0.39, 0.29) is 10.8 Å². The van der Waals surface area contributed by atoms with E-state index >= 15 is 0 Å². The van der Waals surface area contributed by atoms with Gasteiger partial charge in [-0.3, -0.25) is 4.99 Å². The van der Waals surface area contributed by atoms with Gasteiger partial charge in [-0.1, -0.05) is 53.7 Å². The topological polar surface area (TPSA) is 12.4 Å². The molecule has 1 aliphatic rings. The Morgan fingerprint density at radius 1 is 1.00 bits per heavy atom. The normalized spacial score (nSPS) is 18.5. The smallest absolute Gasteiger partial charge is 0.0491 e. The highest BCUT2D eigenvalue weighted by atomic mass is 14.8. The zero-order valence-corrected chi connectivity index (χ0v) is 13.3. The van der Waals surface area contributed by atoms with Crippen LogP contribution < -0.4 is 0 Å². The van der Waals surface area contributed by atoms with Crippen molar-refractivity contribution in [1.82, 2.24) is 0 Å². The van der Waals surface area contributed by atoms with Crippen molar-refractivity contribution in [2.45, 2.75) is 67.7 Å². The second-order valence-electron chi connectivity index (χ2n) is 7.52. The van der Waals surface area contributed by atoms with Gasteiger partial charge in [-0.25, -0.2) is 0 Å². The molecule has 1 aliphatic carbocycles. The summed E-state index contributed by atoms with van der Waals surface area (Å²) in [6.45, 7) is 19.7. The van der Waals surface area contributed by atoms with Crippen LogP contribution in [0.2, 0.25) is 0 Å². The van der Waals surface area contributed by atoms with Crippen LogP contribution in [0.15, 0.2) is 28.4 Å². The molecular weight excluding hydrogens is 218 g/mol. The number of hydrogen-bond donors (Lipinski definition) is 0. The van der Waals surface area contributed by atoms with Gasteiger partial charge < -0.3 is 0 Å². The third-order valence-corrected chi connectivity index (χ3v) is 3.60. The van der Waals surface area contributed by atoms with Gasteiger partial charge in [0, 0.05) is 22.2 Å². The van der Waals surface area contributed by atoms with E-state index in [0.717, 1.165) is 5.70 Å². The van der Waals surface area contributed by atoms with Crippen LogP contribution in [0, 0.1) is 10.8 Å². The van der Waals surface area contributed by atoms with E-state index in [2.05, 4.69) is 55.0 Å². The van der Waals surface area contributed by atoms with E-state index in [4.69, 9.17) is 4.99 Å². The molecule has 0 atom stereocenters. The van der Waals surface area contributed by atoms with Crippen LogP contribution in [0.4, 0.5) is 0 Å². The lowest BCUT2D eigenvalue weighted by molar-refractivity contribution is 0.496. The molecule has 1 heteroatoms. The lowest BCUT2D eigenvalue weighted by Crippen LogP contribution is -2.24. The lowest BCUT2D eigenvalue weighted by atomic mass is 9.83. The predicted octanol–water partition coefficient (Wildman–Crippen LogP) is 5.53. The molecule has 1 rings (SSSR count). The van der Waals surface area contributed by atoms with Gasteiger partial charge in [-0.2, -0.15) is 0 Å². The summed E-state index contributed by atoms with van der Waals surface area (Å²) in [6, 6.07) is 0. The molecule has 0 aromatic rings. The van der Waals surface area contributed by atoms with Crippen molar-refractivity contribution >= 4 is 5.71 Å². The highest BCUT2D eigenvalue weighted by molar-refractivity contribution is 6.05. The maximum atomic E-state index is 4.92. The van der Waals surface area contributed by atoms with E-state index in [0.29, 0.717) is 0 Å². The van der Waals surface area contributed by atoms with Crippen LogP contribution in [-0.4, -0.2) is 5.71 Å². The largest absolute Gasteiger partial charge is 0.257 e. The molecule has 0 unspecified atom stereocenters. The standard InChI is InChI=1S/C17H29N/c1-12-10-9-11-14(12)15(17(6,7)8)18-13(2)16(3,4)5/h2,9-11H2,1,3-8H3/b18-15+. The Kier molecular flexibility index (Phi) is 4.25. The first-order chi connectivity index (χ1) is 8.03. The fraction of sp³-hybridized carbons (Fsp3) is 0.706. The molecule has 0 N–H and O–H groups in total. The Hall–Kier alpha value is -0.850. The van der Waals surface area contributed by atoms with Crippen molar-refractivity contribution < 1.29 is 0 Å². The van der Waals surface area contributed by atoms with Crippen molar-refractivity contribution in [2.75, 3.05) is 0 Å². The third kappa shape index (κ3) is 3.57. The minimum Gasteiger partial charge on any atom is -0.257 e. The van der Waals surface area contributed by atoms with Crippen molar-refractivity contribution in [3.05, 3.63) is 23.4 Å². The molecule has 1 nitrogen and oxygen atoms in total. The van der Waals surface area contributed by atoms with Gasteiger partial charge in [0.25, 0.3) is 0 Å². The summed E-state index contributed by atoms with van der Waals surface area (Å²) >= 11 is 0. The summed E-state index contributed by atoms with van der Waals surface area (Å²) in [5, 5.41) is 0. The summed E-state index contributed by atoms with van der Waals surface area (Å²) in [5.74, 6) is 0. The Labute approximate surface area is 113 Å². The molecule has 102 valence electrons. The molecular formula is C17H29N. The average molecular weight is 247 g/mol. The number of allylic oxidation sites excluding steroid dienone is 3. The molecule has 0 aromatic carbocycles. The Morgan fingerprint density at radius 2 is 1.56 bits per heavy atom. The minimum absolute atomic E-state index is 0.0452. The van der Waals surface area contributed by atoms with Crippen LogP contribution in [0.25, 0.3) is 0 Å². The second kappa shape index (κ2) is 5.03. The molecule has 0 spiro atoms. The van der Waals surface area contributed by atoms with Gasteiger partial charge in [-0.15, -0.1) is 0 Å². The van der Waals surface area contributed by atoms with E-state index in [9.17, 15) is 0 Å². The van der Waals surface area contributed by atoms with Crippen LogP contribution in [0.1, 0.15) is 67.7 Å². The molecule has 0 saturated heterocycles. The van der Waals surface area contributed by atoms with Gasteiger partial charge in [0.05, 0.1) is 0 Å². The highest BCUT2D eigenvalue weighted by Crippen LogP contribution is 2.35. The molecule has 0 bridgehead atoms. The lowest BCUT2D eigenvalue weighted by Gasteiger charge is -2.27. The summed E-state index contributed by atoms with van der Waals surface area (Å²) in [6.07, 6.45) is 3.68. The summed E-state index contributed by atoms with van der Waals surface area (Å²) in [5.41, 5.74) is 5.37. The molecule has 0 fully saturated rings. The highest BCUT2D eigenvalue weighted by Gasteiger charge is 2.27. The first-order valence-corrected chi connectivity index (χ1v) is 7.01. The SMILES string of the molecule is C=C(/N=C(\C1=C(C)CCC1)C(C)(C)C)C(C)(C)C. The van der Waals surface area contributed by atoms with Crippen molar-refractivity contribution in [3.8, 4) is 0 Å². The number of rotatable bonds is 2. The number of aliphatic imine (C=N–C) groups is 1. The Morgan fingerprint density at radius 3 is 1.89 bits per heavy atom. The van der Waals surface area contributed by atoms with Gasteiger partial charge in [0.2, 0.25) is 0 Å². The molecule has 0 radical (unpaired) electrons. The van der Waals surface area contributed by atoms with Crippen molar-refractivity contribution in [3.63, 3.8) is 0 Å². The van der Waals surface area contributed by atoms with Crippen LogP contribution in [0.3, 0.4) is 0 Å². The first kappa shape index (κ1) is 15.2. The monoisotopic (exact) mass is 247 g/mol. The van der Waals surface area contributed by atoms with Gasteiger partial charge in [0.1, 0.15) is 0 Å². The average Bonchev–Trinajstić information content (AvgIpc) is 2.56. The van der Waals surface area contributed by atoms with Gasteiger partial charge in [-0.05, 0) is 31.8 Å². The van der Waals surface area contributed by atoms with Gasteiger partial charge >= 0.3 is 0 Å². The predicted molar refractivity (Wildman–Crippen MR) is 82.0 cm³/mol. The molecule has 0 amide bonds. The van der Waals surface area contributed by atoms with E-state index < -0.39 is 0 Å². The van der Waals surface area contributed by atoms with Gasteiger partial charge in [0.15, 0.2) is 0 Å². The summed E-state index contributed by atoms with van der Waals surface area (Å²) < 4.78 is 0. The van der Waals surface area contributed by atoms with E-state index in [1.54, 1.807) is 0 Å². The zero-order chi connectivity index (χ0) is 14.1. The molecule has 0 saturated carbocycles. The number of hydrogen-bond acceptors (Lipinski definition) is 1. The van der Waals surface area contributed by atoms with E-state index in [1.165, 1.54) is 36.1 Å². The third-order valence-electron chi connectivity index (χ3n) is 3.60. The second-order valence-corrected chi connectivity index (χ2v) is 7.52. The fourth-order valence-electron chi connectivity index (χ4n) is 2.21. The summed E-state index contributed by atoms with van der Waals surface area (Å²) in [4.78, 5) is 4.92. The summed E-state index contributed by atoms with van der Waals surface area (Å²) in [7, 11) is 0. The zero-order valence-electron chi connectivity index (χ0n) is 13.3. The molecule has 0 aliphatic heterocycles. The molecule has 0 heterocycles. The minimum atomic E-state index is 0.0452. The fourth-order valence-corrected chi connectivity index (χ4v) is 2.21.